The zero-order valence-corrected chi connectivity index (χ0v) is 16.4. The van der Waals surface area contributed by atoms with E-state index in [4.69, 9.17) is 0 Å². The minimum Gasteiger partial charge on any atom is -0.307 e. The molecular weight excluding hydrogens is 419 g/mol. The minimum absolute atomic E-state index is 0.190. The van der Waals surface area contributed by atoms with Gasteiger partial charge in [-0.3, -0.25) is 9.52 Å². The number of carbonyl (C=O) groups is 1. The number of alkyl halides is 3. The predicted molar refractivity (Wildman–Crippen MR) is 106 cm³/mol. The summed E-state index contributed by atoms with van der Waals surface area (Å²) in [6, 6.07) is 12.2. The number of hydrogen-bond acceptors (Lipinski definition) is 4. The number of hydrogen-bond donors (Lipinski definition) is 2. The fourth-order valence-corrected chi connectivity index (χ4v) is 3.54. The minimum atomic E-state index is -4.59. The molecule has 0 atom stereocenters. The third-order valence-electron chi connectivity index (χ3n) is 4.02. The Bertz CT molecular complexity index is 1160. The Labute approximate surface area is 170 Å². The van der Waals surface area contributed by atoms with Gasteiger partial charge in [-0.25, -0.2) is 13.4 Å². The van der Waals surface area contributed by atoms with Crippen molar-refractivity contribution in [1.82, 2.24) is 4.98 Å². The van der Waals surface area contributed by atoms with Crippen LogP contribution < -0.4 is 10.0 Å². The highest BCUT2D eigenvalue weighted by Gasteiger charge is 2.30. The van der Waals surface area contributed by atoms with Crippen LogP contribution in [0.1, 0.15) is 21.5 Å². The van der Waals surface area contributed by atoms with Crippen LogP contribution in [0.2, 0.25) is 0 Å². The van der Waals surface area contributed by atoms with E-state index in [9.17, 15) is 26.4 Å². The normalized spacial score (nSPS) is 11.7. The van der Waals surface area contributed by atoms with E-state index in [1.807, 2.05) is 6.92 Å². The molecule has 0 saturated heterocycles. The lowest BCUT2D eigenvalue weighted by atomic mass is 10.2. The Kier molecular flexibility index (Phi) is 5.79. The van der Waals surface area contributed by atoms with Gasteiger partial charge in [-0.05, 0) is 61.0 Å². The molecule has 0 fully saturated rings. The molecular formula is C20H16F3N3O3S. The number of pyridine rings is 1. The van der Waals surface area contributed by atoms with Crippen LogP contribution in [0.25, 0.3) is 0 Å². The van der Waals surface area contributed by atoms with Gasteiger partial charge in [0.15, 0.2) is 0 Å². The van der Waals surface area contributed by atoms with Crippen molar-refractivity contribution < 1.29 is 26.4 Å². The highest BCUT2D eigenvalue weighted by molar-refractivity contribution is 7.92. The van der Waals surface area contributed by atoms with Crippen molar-refractivity contribution in [3.63, 3.8) is 0 Å². The van der Waals surface area contributed by atoms with Crippen LogP contribution in [-0.4, -0.2) is 19.3 Å². The first-order valence-corrected chi connectivity index (χ1v) is 10.1. The first-order chi connectivity index (χ1) is 14.0. The van der Waals surface area contributed by atoms with Crippen LogP contribution in [-0.2, 0) is 16.2 Å². The molecule has 1 heterocycles. The van der Waals surface area contributed by atoms with Crippen molar-refractivity contribution >= 4 is 27.4 Å². The van der Waals surface area contributed by atoms with Gasteiger partial charge in [0.05, 0.1) is 10.5 Å². The molecule has 3 aromatic rings. The van der Waals surface area contributed by atoms with E-state index >= 15 is 0 Å². The highest BCUT2D eigenvalue weighted by Crippen LogP contribution is 2.31. The topological polar surface area (TPSA) is 88.2 Å². The summed E-state index contributed by atoms with van der Waals surface area (Å²) in [5, 5.41) is 2.58. The number of anilines is 2. The van der Waals surface area contributed by atoms with E-state index in [1.165, 1.54) is 30.3 Å². The molecule has 0 bridgehead atoms. The number of amides is 1. The number of carbonyl (C=O) groups excluding carboxylic acids is 1. The summed E-state index contributed by atoms with van der Waals surface area (Å²) >= 11 is 0. The molecule has 1 amide bonds. The van der Waals surface area contributed by atoms with Crippen LogP contribution in [0.5, 0.6) is 0 Å². The van der Waals surface area contributed by atoms with Crippen molar-refractivity contribution in [1.29, 1.82) is 0 Å². The van der Waals surface area contributed by atoms with Crippen LogP contribution in [0, 0.1) is 6.92 Å². The van der Waals surface area contributed by atoms with Gasteiger partial charge in [0.1, 0.15) is 5.82 Å². The molecule has 0 aliphatic heterocycles. The Balaban J connectivity index is 1.74. The predicted octanol–water partition coefficient (Wildman–Crippen LogP) is 4.46. The molecule has 30 heavy (non-hydrogen) atoms. The number of nitrogens with one attached hydrogen (secondary N) is 2. The van der Waals surface area contributed by atoms with Crippen LogP contribution in [0.3, 0.4) is 0 Å². The zero-order valence-electron chi connectivity index (χ0n) is 15.6. The van der Waals surface area contributed by atoms with Gasteiger partial charge < -0.3 is 5.32 Å². The molecule has 10 heteroatoms. The molecule has 2 N–H and O–H groups in total. The van der Waals surface area contributed by atoms with Gasteiger partial charge in [-0.15, -0.1) is 0 Å². The molecule has 0 aliphatic carbocycles. The number of halogens is 3. The third-order valence-corrected chi connectivity index (χ3v) is 5.42. The maximum absolute atomic E-state index is 12.8. The van der Waals surface area contributed by atoms with Crippen LogP contribution in [0.15, 0.2) is 71.8 Å². The Morgan fingerprint density at radius 2 is 1.70 bits per heavy atom. The van der Waals surface area contributed by atoms with Crippen molar-refractivity contribution in [3.8, 4) is 0 Å². The maximum Gasteiger partial charge on any atom is 0.416 e. The number of sulfonamides is 1. The molecule has 156 valence electrons. The molecule has 1 aromatic heterocycles. The van der Waals surface area contributed by atoms with E-state index < -0.39 is 27.7 Å². The molecule has 3 rings (SSSR count). The average Bonchev–Trinajstić information content (AvgIpc) is 2.69. The summed E-state index contributed by atoms with van der Waals surface area (Å²) < 4.78 is 65.4. The quantitative estimate of drug-likeness (QED) is 0.619. The van der Waals surface area contributed by atoms with Gasteiger partial charge in [0, 0.05) is 17.4 Å². The molecule has 6 nitrogen and oxygen atoms in total. The summed E-state index contributed by atoms with van der Waals surface area (Å²) in [5.41, 5.74) is -0.0808. The highest BCUT2D eigenvalue weighted by atomic mass is 32.2. The standard InChI is InChI=1S/C20H16F3N3O3S/c1-13-5-10-18(24-12-13)25-19(27)14-6-8-17(9-7-14)30(28,29)26-16-4-2-3-15(11-16)20(21,22)23/h2-12,26H,1H3,(H,24,25,27). The van der Waals surface area contributed by atoms with E-state index in [0.29, 0.717) is 11.9 Å². The summed E-state index contributed by atoms with van der Waals surface area (Å²) in [7, 11) is -4.14. The molecule has 0 unspecified atom stereocenters. The number of nitrogens with zero attached hydrogens (tertiary/aromatic N) is 1. The lowest BCUT2D eigenvalue weighted by molar-refractivity contribution is -0.137. The fraction of sp³-hybridized carbons (Fsp3) is 0.100. The van der Waals surface area contributed by atoms with Gasteiger partial charge in [-0.1, -0.05) is 12.1 Å². The van der Waals surface area contributed by atoms with E-state index in [2.05, 4.69) is 15.0 Å². The van der Waals surface area contributed by atoms with Gasteiger partial charge in [-0.2, -0.15) is 13.2 Å². The van der Waals surface area contributed by atoms with E-state index in [-0.39, 0.29) is 16.1 Å². The molecule has 0 aliphatic rings. The monoisotopic (exact) mass is 435 g/mol. The largest absolute Gasteiger partial charge is 0.416 e. The average molecular weight is 435 g/mol. The Morgan fingerprint density at radius 3 is 2.30 bits per heavy atom. The maximum atomic E-state index is 12.8. The fourth-order valence-electron chi connectivity index (χ4n) is 2.49. The lowest BCUT2D eigenvalue weighted by Crippen LogP contribution is -2.15. The van der Waals surface area contributed by atoms with Crippen molar-refractivity contribution in [2.45, 2.75) is 18.0 Å². The lowest BCUT2D eigenvalue weighted by Gasteiger charge is -2.11. The smallest absolute Gasteiger partial charge is 0.307 e. The van der Waals surface area contributed by atoms with Crippen LogP contribution in [0.4, 0.5) is 24.7 Å². The molecule has 0 spiro atoms. The second-order valence-corrected chi connectivity index (χ2v) is 8.07. The molecule has 0 saturated carbocycles. The number of rotatable bonds is 5. The van der Waals surface area contributed by atoms with Crippen LogP contribution >= 0.6 is 0 Å². The first kappa shape index (κ1) is 21.3. The number of benzene rings is 2. The summed E-state index contributed by atoms with van der Waals surface area (Å²) in [4.78, 5) is 16.1. The zero-order chi connectivity index (χ0) is 21.9. The Hall–Kier alpha value is -3.40. The van der Waals surface area contributed by atoms with Gasteiger partial charge >= 0.3 is 6.18 Å². The second kappa shape index (κ2) is 8.15. The summed E-state index contributed by atoms with van der Waals surface area (Å²) in [6.45, 7) is 1.85. The van der Waals surface area contributed by atoms with Gasteiger partial charge in [0.2, 0.25) is 0 Å². The van der Waals surface area contributed by atoms with Crippen molar-refractivity contribution in [3.05, 3.63) is 83.6 Å². The van der Waals surface area contributed by atoms with E-state index in [1.54, 1.807) is 18.3 Å². The number of aryl methyl sites for hydroxylation is 1. The third kappa shape index (κ3) is 5.15. The summed E-state index contributed by atoms with van der Waals surface area (Å²) in [5.74, 6) is -0.144. The Morgan fingerprint density at radius 1 is 1.00 bits per heavy atom. The van der Waals surface area contributed by atoms with Crippen molar-refractivity contribution in [2.24, 2.45) is 0 Å². The van der Waals surface area contributed by atoms with Gasteiger partial charge in [0.25, 0.3) is 15.9 Å². The van der Waals surface area contributed by atoms with Crippen molar-refractivity contribution in [2.75, 3.05) is 10.0 Å². The first-order valence-electron chi connectivity index (χ1n) is 8.59. The summed E-state index contributed by atoms with van der Waals surface area (Å²) in [6.07, 6.45) is -3.01. The molecule has 0 radical (unpaired) electrons. The molecule has 2 aromatic carbocycles. The van der Waals surface area contributed by atoms with E-state index in [0.717, 1.165) is 17.7 Å². The SMILES string of the molecule is Cc1ccc(NC(=O)c2ccc(S(=O)(=O)Nc3cccc(C(F)(F)F)c3)cc2)nc1. The second-order valence-electron chi connectivity index (χ2n) is 6.38. The number of aromatic nitrogens is 1.